The van der Waals surface area contributed by atoms with Crippen LogP contribution in [0.4, 0.5) is 0 Å². The van der Waals surface area contributed by atoms with Gasteiger partial charge in [-0.05, 0) is 50.6 Å². The predicted molar refractivity (Wildman–Crippen MR) is 97.6 cm³/mol. The number of hydrogen-bond acceptors (Lipinski definition) is 4. The van der Waals surface area contributed by atoms with Gasteiger partial charge in [0.2, 0.25) is 0 Å². The average Bonchev–Trinajstić information content (AvgIpc) is 3.09. The Labute approximate surface area is 148 Å². The first-order valence-corrected chi connectivity index (χ1v) is 8.89. The number of nitrogens with zero attached hydrogens (tertiary/aromatic N) is 5. The number of aromatic nitrogens is 4. The van der Waals surface area contributed by atoms with E-state index in [4.69, 9.17) is 4.98 Å². The molecule has 4 rings (SSSR count). The van der Waals surface area contributed by atoms with Gasteiger partial charge in [0.1, 0.15) is 11.6 Å². The summed E-state index contributed by atoms with van der Waals surface area (Å²) in [6.45, 7) is 5.09. The van der Waals surface area contributed by atoms with Crippen molar-refractivity contribution in [2.75, 3.05) is 13.1 Å². The van der Waals surface area contributed by atoms with Crippen LogP contribution >= 0.6 is 0 Å². The number of likely N-dealkylation sites (tertiary alicyclic amines) is 1. The standard InChI is InChI=1S/C20H23N5/c1-16-21-11-13-25(16)20-9-4-8-19(23-20)17-6-5-12-24(14-17)15-18-7-2-3-10-22-18/h2-4,7-11,13,17H,5-6,12,14-15H2,1H3/t17-/m1/s1. The monoisotopic (exact) mass is 333 g/mol. The highest BCUT2D eigenvalue weighted by atomic mass is 15.1. The second-order valence-corrected chi connectivity index (χ2v) is 6.66. The lowest BCUT2D eigenvalue weighted by Gasteiger charge is -2.32. The number of piperidine rings is 1. The largest absolute Gasteiger partial charge is 0.297 e. The van der Waals surface area contributed by atoms with Gasteiger partial charge in [-0.25, -0.2) is 9.97 Å². The molecule has 0 amide bonds. The number of aryl methyl sites for hydroxylation is 1. The lowest BCUT2D eigenvalue weighted by molar-refractivity contribution is 0.196. The number of rotatable bonds is 4. The molecule has 0 N–H and O–H groups in total. The van der Waals surface area contributed by atoms with E-state index in [1.807, 2.05) is 42.2 Å². The van der Waals surface area contributed by atoms with E-state index in [1.165, 1.54) is 18.5 Å². The lowest BCUT2D eigenvalue weighted by atomic mass is 9.94. The number of pyridine rings is 2. The third kappa shape index (κ3) is 3.61. The van der Waals surface area contributed by atoms with Crippen molar-refractivity contribution in [1.82, 2.24) is 24.4 Å². The summed E-state index contributed by atoms with van der Waals surface area (Å²) in [5.41, 5.74) is 2.32. The van der Waals surface area contributed by atoms with Crippen LogP contribution in [0.25, 0.3) is 5.82 Å². The van der Waals surface area contributed by atoms with Crippen molar-refractivity contribution in [3.63, 3.8) is 0 Å². The molecular weight excluding hydrogens is 310 g/mol. The predicted octanol–water partition coefficient (Wildman–Crippen LogP) is 3.35. The van der Waals surface area contributed by atoms with Crippen molar-refractivity contribution in [3.8, 4) is 5.82 Å². The molecule has 25 heavy (non-hydrogen) atoms. The van der Waals surface area contributed by atoms with Crippen LogP contribution in [-0.2, 0) is 6.54 Å². The van der Waals surface area contributed by atoms with Crippen LogP contribution in [0.3, 0.4) is 0 Å². The van der Waals surface area contributed by atoms with E-state index in [0.29, 0.717) is 5.92 Å². The molecule has 0 unspecified atom stereocenters. The van der Waals surface area contributed by atoms with E-state index in [1.54, 1.807) is 0 Å². The Morgan fingerprint density at radius 3 is 2.84 bits per heavy atom. The van der Waals surface area contributed by atoms with Crippen molar-refractivity contribution in [1.29, 1.82) is 0 Å². The normalized spacial score (nSPS) is 18.4. The molecule has 4 heterocycles. The molecule has 0 aliphatic carbocycles. The van der Waals surface area contributed by atoms with Gasteiger partial charge in [0.05, 0.1) is 5.69 Å². The van der Waals surface area contributed by atoms with E-state index in [9.17, 15) is 0 Å². The Morgan fingerprint density at radius 1 is 1.08 bits per heavy atom. The van der Waals surface area contributed by atoms with Crippen molar-refractivity contribution in [2.24, 2.45) is 0 Å². The zero-order chi connectivity index (χ0) is 17.1. The SMILES string of the molecule is Cc1nccn1-c1cccc([C@@H]2CCCN(Cc3ccccn3)C2)n1. The first-order valence-electron chi connectivity index (χ1n) is 8.89. The number of imidazole rings is 1. The van der Waals surface area contributed by atoms with Gasteiger partial charge in [-0.2, -0.15) is 0 Å². The van der Waals surface area contributed by atoms with Crippen molar-refractivity contribution >= 4 is 0 Å². The maximum Gasteiger partial charge on any atom is 0.138 e. The Kier molecular flexibility index (Phi) is 4.57. The Balaban J connectivity index is 1.51. The van der Waals surface area contributed by atoms with Gasteiger partial charge >= 0.3 is 0 Å². The van der Waals surface area contributed by atoms with Crippen LogP contribution in [0.5, 0.6) is 0 Å². The fraction of sp³-hybridized carbons (Fsp3) is 0.350. The molecule has 0 aromatic carbocycles. The molecule has 3 aromatic heterocycles. The van der Waals surface area contributed by atoms with Gasteiger partial charge < -0.3 is 0 Å². The topological polar surface area (TPSA) is 46.8 Å². The molecule has 128 valence electrons. The second-order valence-electron chi connectivity index (χ2n) is 6.66. The molecule has 1 aliphatic heterocycles. The molecule has 5 heteroatoms. The highest BCUT2D eigenvalue weighted by Gasteiger charge is 2.23. The van der Waals surface area contributed by atoms with Gasteiger partial charge in [-0.1, -0.05) is 12.1 Å². The molecule has 3 aromatic rings. The van der Waals surface area contributed by atoms with Crippen LogP contribution in [0.2, 0.25) is 0 Å². The highest BCUT2D eigenvalue weighted by Crippen LogP contribution is 2.27. The molecule has 0 bridgehead atoms. The van der Waals surface area contributed by atoms with E-state index in [-0.39, 0.29) is 0 Å². The molecule has 0 radical (unpaired) electrons. The zero-order valence-corrected chi connectivity index (χ0v) is 14.5. The van der Waals surface area contributed by atoms with E-state index in [2.05, 4.69) is 39.1 Å². The van der Waals surface area contributed by atoms with Gasteiger partial charge in [0.15, 0.2) is 0 Å². The molecule has 1 aliphatic rings. The summed E-state index contributed by atoms with van der Waals surface area (Å²) >= 11 is 0. The summed E-state index contributed by atoms with van der Waals surface area (Å²) in [7, 11) is 0. The van der Waals surface area contributed by atoms with Crippen LogP contribution in [-0.4, -0.2) is 37.5 Å². The third-order valence-corrected chi connectivity index (χ3v) is 4.86. The Morgan fingerprint density at radius 2 is 2.04 bits per heavy atom. The molecular formula is C20H23N5. The minimum atomic E-state index is 0.473. The quantitative estimate of drug-likeness (QED) is 0.734. The summed E-state index contributed by atoms with van der Waals surface area (Å²) in [5.74, 6) is 2.39. The fourth-order valence-corrected chi connectivity index (χ4v) is 3.58. The molecule has 0 spiro atoms. The first kappa shape index (κ1) is 16.0. The summed E-state index contributed by atoms with van der Waals surface area (Å²) in [6.07, 6.45) is 8.05. The van der Waals surface area contributed by atoms with Gasteiger partial charge in [-0.15, -0.1) is 0 Å². The van der Waals surface area contributed by atoms with Crippen molar-refractivity contribution in [3.05, 3.63) is 72.2 Å². The van der Waals surface area contributed by atoms with Gasteiger partial charge in [-0.3, -0.25) is 14.5 Å². The molecule has 1 saturated heterocycles. The van der Waals surface area contributed by atoms with Crippen molar-refractivity contribution < 1.29 is 0 Å². The van der Waals surface area contributed by atoms with E-state index >= 15 is 0 Å². The second kappa shape index (κ2) is 7.15. The molecule has 0 saturated carbocycles. The van der Waals surface area contributed by atoms with E-state index < -0.39 is 0 Å². The van der Waals surface area contributed by atoms with E-state index in [0.717, 1.165) is 37.0 Å². The smallest absolute Gasteiger partial charge is 0.138 e. The fourth-order valence-electron chi connectivity index (χ4n) is 3.58. The van der Waals surface area contributed by atoms with Crippen LogP contribution in [0.15, 0.2) is 55.0 Å². The minimum absolute atomic E-state index is 0.473. The first-order chi connectivity index (χ1) is 12.3. The maximum absolute atomic E-state index is 4.92. The van der Waals surface area contributed by atoms with Crippen molar-refractivity contribution in [2.45, 2.75) is 32.2 Å². The van der Waals surface area contributed by atoms with Crippen LogP contribution < -0.4 is 0 Å². The minimum Gasteiger partial charge on any atom is -0.297 e. The summed E-state index contributed by atoms with van der Waals surface area (Å²) in [5, 5.41) is 0. The highest BCUT2D eigenvalue weighted by molar-refractivity contribution is 5.28. The van der Waals surface area contributed by atoms with Crippen LogP contribution in [0, 0.1) is 6.92 Å². The number of hydrogen-bond donors (Lipinski definition) is 0. The lowest BCUT2D eigenvalue weighted by Crippen LogP contribution is -2.34. The summed E-state index contributed by atoms with van der Waals surface area (Å²) in [4.78, 5) is 16.2. The van der Waals surface area contributed by atoms with Gasteiger partial charge in [0.25, 0.3) is 0 Å². The molecule has 5 nitrogen and oxygen atoms in total. The zero-order valence-electron chi connectivity index (χ0n) is 14.5. The van der Waals surface area contributed by atoms with Crippen LogP contribution in [0.1, 0.15) is 36.0 Å². The Hall–Kier alpha value is -2.53. The van der Waals surface area contributed by atoms with Gasteiger partial charge in [0, 0.05) is 43.3 Å². The maximum atomic E-state index is 4.92. The Bertz CT molecular complexity index is 827. The summed E-state index contributed by atoms with van der Waals surface area (Å²) in [6, 6.07) is 12.4. The average molecular weight is 333 g/mol. The summed E-state index contributed by atoms with van der Waals surface area (Å²) < 4.78 is 2.04. The third-order valence-electron chi connectivity index (χ3n) is 4.86. The molecule has 1 atom stereocenters. The molecule has 1 fully saturated rings.